The molecule has 0 aliphatic carbocycles. The molecular weight excluding hydrogens is 705 g/mol. The van der Waals surface area contributed by atoms with E-state index in [4.69, 9.17) is 32.7 Å². The normalized spacial score (nSPS) is 12.1. The first-order valence-electron chi connectivity index (χ1n) is 10.8. The largest absolute Gasteiger partial charge is 0.486 e. The van der Waals surface area contributed by atoms with E-state index in [-0.39, 0.29) is 27.8 Å². The highest BCUT2D eigenvalue weighted by Crippen LogP contribution is 2.52. The van der Waals surface area contributed by atoms with Crippen LogP contribution in [0.1, 0.15) is 22.8 Å². The summed E-state index contributed by atoms with van der Waals surface area (Å²) in [5.74, 6) is -1.12. The van der Waals surface area contributed by atoms with Gasteiger partial charge in [0.2, 0.25) is 0 Å². The third-order valence-electron chi connectivity index (χ3n) is 5.23. The summed E-state index contributed by atoms with van der Waals surface area (Å²) in [6, 6.07) is 12.2. The number of benzene rings is 3. The zero-order chi connectivity index (χ0) is 31.0. The number of hydrogen-bond acceptors (Lipinski definition) is 10. The predicted molar refractivity (Wildman–Crippen MR) is 156 cm³/mol. The Kier molecular flexibility index (Phi) is 12.6. The van der Waals surface area contributed by atoms with Gasteiger partial charge in [-0.3, -0.25) is 4.79 Å². The molecule has 0 radical (unpaired) electrons. The number of nitriles is 2. The van der Waals surface area contributed by atoms with Crippen LogP contribution in [0.4, 0.5) is 19.4 Å². The fourth-order valence-corrected chi connectivity index (χ4v) is 6.67. The Bertz CT molecular complexity index is 1560. The minimum Gasteiger partial charge on any atom is -0.486 e. The van der Waals surface area contributed by atoms with Crippen LogP contribution < -0.4 is 14.8 Å². The van der Waals surface area contributed by atoms with Crippen LogP contribution in [0.25, 0.3) is 0 Å². The van der Waals surface area contributed by atoms with Crippen molar-refractivity contribution in [1.29, 1.82) is 10.5 Å². The smallest absolute Gasteiger partial charge is 0.255 e. The average Bonchev–Trinajstić information content (AvgIpc) is 2.99. The lowest BCUT2D eigenvalue weighted by Gasteiger charge is -2.25. The van der Waals surface area contributed by atoms with E-state index >= 15 is 0 Å². The van der Waals surface area contributed by atoms with Crippen molar-refractivity contribution < 1.29 is 33.7 Å². The molecular formula is C24H12Cl2F5N3O3S5. The van der Waals surface area contributed by atoms with Gasteiger partial charge >= 0.3 is 0 Å². The lowest BCUT2D eigenvalue weighted by atomic mass is 10.0. The molecule has 0 unspecified atom stereocenters. The molecule has 0 aromatic heterocycles. The van der Waals surface area contributed by atoms with E-state index in [1.807, 2.05) is 6.07 Å². The van der Waals surface area contributed by atoms with Crippen LogP contribution in [0, 0.1) is 22.7 Å². The van der Waals surface area contributed by atoms with Crippen molar-refractivity contribution in [2.75, 3.05) is 6.61 Å². The summed E-state index contributed by atoms with van der Waals surface area (Å²) in [5.41, 5.74) is -2.64. The van der Waals surface area contributed by atoms with E-state index in [9.17, 15) is 34.7 Å². The first-order chi connectivity index (χ1) is 20.1. The molecule has 220 valence electrons. The highest BCUT2D eigenvalue weighted by molar-refractivity contribution is 8.00. The topological polar surface area (TPSA) is 95.1 Å². The number of ether oxygens (including phenoxy) is 2. The van der Waals surface area contributed by atoms with Gasteiger partial charge in [0.1, 0.15) is 12.4 Å². The maximum absolute atomic E-state index is 13.9. The van der Waals surface area contributed by atoms with Crippen molar-refractivity contribution in [1.82, 2.24) is 5.32 Å². The van der Waals surface area contributed by atoms with Gasteiger partial charge in [-0.15, -0.1) is 0 Å². The zero-order valence-electron chi connectivity index (χ0n) is 20.5. The van der Waals surface area contributed by atoms with Crippen molar-refractivity contribution in [3.05, 3.63) is 57.6 Å². The summed E-state index contributed by atoms with van der Waals surface area (Å²) in [7, 11) is 0. The summed E-state index contributed by atoms with van der Waals surface area (Å²) in [6.07, 6.45) is 0. The molecule has 3 aromatic rings. The summed E-state index contributed by atoms with van der Waals surface area (Å²) in [5, 5.41) is 21.9. The molecule has 0 saturated heterocycles. The predicted octanol–water partition coefficient (Wildman–Crippen LogP) is 10.6. The standard InChI is InChI=1S/C24H12Cl2F5N3O3S5/c1-24(9-33,34-23(35)17-18(38-27)20(40-29)22(42-31)21(41-30)19(17)39-28)10-36-16-6-11(8-32)2-4-15(16)37-14-5-3-12(25)7-13(14)26/h2-7H,10H2,1H3,(H,34,35)/t24-/m0/s1. The van der Waals surface area contributed by atoms with Gasteiger partial charge in [0, 0.05) is 11.1 Å². The van der Waals surface area contributed by atoms with E-state index in [1.54, 1.807) is 6.07 Å². The van der Waals surface area contributed by atoms with Gasteiger partial charge in [-0.25, -0.2) is 0 Å². The van der Waals surface area contributed by atoms with Crippen LogP contribution in [0.2, 0.25) is 10.0 Å². The minimum absolute atomic E-state index is 0.0487. The zero-order valence-corrected chi connectivity index (χ0v) is 26.1. The molecule has 0 fully saturated rings. The molecule has 0 saturated carbocycles. The quantitative estimate of drug-likeness (QED) is 0.183. The average molecular weight is 717 g/mol. The number of hydrogen-bond donors (Lipinski definition) is 1. The van der Waals surface area contributed by atoms with Gasteiger partial charge in [-0.2, -0.15) is 30.0 Å². The molecule has 0 spiro atoms. The second kappa shape index (κ2) is 15.4. The lowest BCUT2D eigenvalue weighted by Crippen LogP contribution is -2.49. The van der Waals surface area contributed by atoms with Gasteiger partial charge in [0.05, 0.1) is 114 Å². The highest BCUT2D eigenvalue weighted by atomic mass is 35.5. The maximum atomic E-state index is 13.9. The third kappa shape index (κ3) is 7.60. The van der Waals surface area contributed by atoms with Crippen LogP contribution >= 0.6 is 83.9 Å². The maximum Gasteiger partial charge on any atom is 0.255 e. The number of carbonyl (C=O) groups is 1. The Labute approximate surface area is 268 Å². The Balaban J connectivity index is 1.97. The van der Waals surface area contributed by atoms with Crippen LogP contribution in [0.3, 0.4) is 0 Å². The second-order valence-corrected chi connectivity index (χ2v) is 11.7. The molecule has 18 heteroatoms. The van der Waals surface area contributed by atoms with Gasteiger partial charge in [0.15, 0.2) is 17.0 Å². The summed E-state index contributed by atoms with van der Waals surface area (Å²) >= 11 is 8.71. The van der Waals surface area contributed by atoms with Crippen LogP contribution in [-0.4, -0.2) is 18.1 Å². The van der Waals surface area contributed by atoms with Gasteiger partial charge in [-0.05, 0) is 37.3 Å². The third-order valence-corrected chi connectivity index (χ3v) is 9.09. The van der Waals surface area contributed by atoms with Crippen LogP contribution in [0.5, 0.6) is 17.2 Å². The Morgan fingerprint density at radius 1 is 0.857 bits per heavy atom. The molecule has 1 amide bonds. The SMILES string of the molecule is C[C@](C#N)(COc1cc(C#N)ccc1Oc1ccc(Cl)cc1Cl)NC(=O)c1c(SF)c(SF)c(SF)c(SF)c1SF. The fraction of sp³-hybridized carbons (Fsp3) is 0.125. The van der Waals surface area contributed by atoms with Crippen molar-refractivity contribution >= 4 is 89.8 Å². The number of rotatable bonds is 12. The van der Waals surface area contributed by atoms with E-state index in [0.717, 1.165) is 0 Å². The monoisotopic (exact) mass is 715 g/mol. The van der Waals surface area contributed by atoms with Crippen LogP contribution in [-0.2, 0) is 0 Å². The Morgan fingerprint density at radius 2 is 1.40 bits per heavy atom. The first-order valence-corrected chi connectivity index (χ1v) is 15.1. The van der Waals surface area contributed by atoms with Gasteiger partial charge < -0.3 is 14.8 Å². The minimum atomic E-state index is -1.93. The van der Waals surface area contributed by atoms with E-state index in [2.05, 4.69) is 5.32 Å². The summed E-state index contributed by atoms with van der Waals surface area (Å²) in [4.78, 5) is 9.28. The second-order valence-electron chi connectivity index (χ2n) is 8.04. The molecule has 3 aromatic carbocycles. The van der Waals surface area contributed by atoms with Gasteiger partial charge in [-0.1, -0.05) is 23.2 Å². The van der Waals surface area contributed by atoms with E-state index in [0.29, 0.717) is 5.02 Å². The molecule has 6 nitrogen and oxygen atoms in total. The fourth-order valence-electron chi connectivity index (χ4n) is 3.29. The molecule has 42 heavy (non-hydrogen) atoms. The van der Waals surface area contributed by atoms with E-state index < -0.39 is 109 Å². The number of halogens is 7. The number of nitrogens with one attached hydrogen (secondary N) is 1. The molecule has 0 aliphatic heterocycles. The molecule has 0 aliphatic rings. The summed E-state index contributed by atoms with van der Waals surface area (Å²) < 4.78 is 80.3. The Morgan fingerprint density at radius 3 is 1.90 bits per heavy atom. The van der Waals surface area contributed by atoms with E-state index in [1.165, 1.54) is 43.3 Å². The van der Waals surface area contributed by atoms with Crippen LogP contribution in [0.15, 0.2) is 60.9 Å². The number of nitrogens with zero attached hydrogens (tertiary/aromatic N) is 2. The number of amides is 1. The van der Waals surface area contributed by atoms with Gasteiger partial charge in [0.25, 0.3) is 5.91 Å². The Hall–Kier alpha value is -2.31. The number of carbonyl (C=O) groups excluding carboxylic acids is 1. The van der Waals surface area contributed by atoms with Crippen molar-refractivity contribution in [3.8, 4) is 29.4 Å². The summed E-state index contributed by atoms with van der Waals surface area (Å²) in [6.45, 7) is 0.584. The molecule has 0 bridgehead atoms. The van der Waals surface area contributed by atoms with Crippen molar-refractivity contribution in [2.24, 2.45) is 0 Å². The molecule has 1 N–H and O–H groups in total. The highest BCUT2D eigenvalue weighted by Gasteiger charge is 2.35. The van der Waals surface area contributed by atoms with Crippen molar-refractivity contribution in [2.45, 2.75) is 36.9 Å². The molecule has 0 heterocycles. The van der Waals surface area contributed by atoms with Crippen molar-refractivity contribution in [3.63, 3.8) is 0 Å². The molecule has 1 atom stereocenters. The lowest BCUT2D eigenvalue weighted by molar-refractivity contribution is 0.0892. The molecule has 3 rings (SSSR count). The first kappa shape index (κ1) is 34.2.